The van der Waals surface area contributed by atoms with Gasteiger partial charge in [-0.15, -0.1) is 11.8 Å². The van der Waals surface area contributed by atoms with Gasteiger partial charge >= 0.3 is 5.97 Å². The molecule has 0 radical (unpaired) electrons. The highest BCUT2D eigenvalue weighted by atomic mass is 32.2. The summed E-state index contributed by atoms with van der Waals surface area (Å²) in [6.45, 7) is 0. The zero-order chi connectivity index (χ0) is 9.84. The van der Waals surface area contributed by atoms with E-state index in [9.17, 15) is 9.18 Å². The van der Waals surface area contributed by atoms with Crippen LogP contribution in [0.3, 0.4) is 0 Å². The molecule has 0 aromatic heterocycles. The first kappa shape index (κ1) is 10.1. The molecular weight excluding hydrogens is 191 g/mol. The molecule has 0 aliphatic heterocycles. The Labute approximate surface area is 80.1 Å². The van der Waals surface area contributed by atoms with Crippen molar-refractivity contribution in [1.82, 2.24) is 0 Å². The largest absolute Gasteiger partial charge is 0.465 e. The van der Waals surface area contributed by atoms with Crippen molar-refractivity contribution in [2.24, 2.45) is 0 Å². The highest BCUT2D eigenvalue weighted by Gasteiger charge is 2.13. The Morgan fingerprint density at radius 2 is 2.23 bits per heavy atom. The van der Waals surface area contributed by atoms with Crippen LogP contribution < -0.4 is 0 Å². The third kappa shape index (κ3) is 2.01. The molecule has 1 aromatic rings. The van der Waals surface area contributed by atoms with Crippen LogP contribution in [0.2, 0.25) is 0 Å². The molecule has 0 saturated heterocycles. The van der Waals surface area contributed by atoms with Crippen LogP contribution in [0.5, 0.6) is 0 Å². The summed E-state index contributed by atoms with van der Waals surface area (Å²) in [4.78, 5) is 11.5. The maximum atomic E-state index is 13.1. The number of halogens is 1. The lowest BCUT2D eigenvalue weighted by Gasteiger charge is -2.05. The molecule has 0 aliphatic rings. The lowest BCUT2D eigenvalue weighted by molar-refractivity contribution is 0.0596. The molecule has 4 heteroatoms. The molecule has 0 saturated carbocycles. The zero-order valence-corrected chi connectivity index (χ0v) is 8.15. The van der Waals surface area contributed by atoms with E-state index in [-0.39, 0.29) is 5.56 Å². The first-order valence-electron chi connectivity index (χ1n) is 3.61. The number of thioether (sulfide) groups is 1. The van der Waals surface area contributed by atoms with Crippen molar-refractivity contribution < 1.29 is 13.9 Å². The minimum absolute atomic E-state index is 0.273. The fourth-order valence-electron chi connectivity index (χ4n) is 0.987. The van der Waals surface area contributed by atoms with Crippen LogP contribution in [0.1, 0.15) is 10.4 Å². The second-order valence-electron chi connectivity index (χ2n) is 2.31. The van der Waals surface area contributed by atoms with Crippen molar-refractivity contribution in [3.8, 4) is 0 Å². The summed E-state index contributed by atoms with van der Waals surface area (Å²) < 4.78 is 17.6. The average Bonchev–Trinajstić information content (AvgIpc) is 2.16. The van der Waals surface area contributed by atoms with Gasteiger partial charge in [0.25, 0.3) is 0 Å². The van der Waals surface area contributed by atoms with Gasteiger partial charge in [0.1, 0.15) is 5.82 Å². The van der Waals surface area contributed by atoms with E-state index in [2.05, 4.69) is 4.74 Å². The molecule has 0 heterocycles. The summed E-state index contributed by atoms with van der Waals surface area (Å²) in [5.74, 6) is -0.903. The number of carbonyl (C=O) groups is 1. The Kier molecular flexibility index (Phi) is 3.31. The van der Waals surface area contributed by atoms with Gasteiger partial charge in [-0.05, 0) is 18.4 Å². The van der Waals surface area contributed by atoms with Crippen molar-refractivity contribution in [3.63, 3.8) is 0 Å². The number of benzene rings is 1. The van der Waals surface area contributed by atoms with E-state index in [0.29, 0.717) is 4.90 Å². The molecule has 0 N–H and O–H groups in total. The van der Waals surface area contributed by atoms with E-state index in [1.54, 1.807) is 12.3 Å². The Hall–Kier alpha value is -1.03. The molecule has 1 rings (SSSR count). The van der Waals surface area contributed by atoms with Crippen LogP contribution in [-0.4, -0.2) is 19.3 Å². The lowest BCUT2D eigenvalue weighted by atomic mass is 10.2. The number of esters is 1. The maximum absolute atomic E-state index is 13.1. The topological polar surface area (TPSA) is 26.3 Å². The maximum Gasteiger partial charge on any atom is 0.339 e. The Bertz CT molecular complexity index is 325. The highest BCUT2D eigenvalue weighted by Crippen LogP contribution is 2.24. The van der Waals surface area contributed by atoms with Crippen LogP contribution in [-0.2, 0) is 4.74 Å². The molecule has 0 unspecified atom stereocenters. The zero-order valence-electron chi connectivity index (χ0n) is 7.33. The smallest absolute Gasteiger partial charge is 0.339 e. The monoisotopic (exact) mass is 200 g/mol. The summed E-state index contributed by atoms with van der Waals surface area (Å²) in [5.41, 5.74) is 0.273. The number of hydrogen-bond donors (Lipinski definition) is 0. The van der Waals surface area contributed by atoms with Crippen molar-refractivity contribution in [2.75, 3.05) is 13.4 Å². The van der Waals surface area contributed by atoms with Gasteiger partial charge in [0.2, 0.25) is 0 Å². The van der Waals surface area contributed by atoms with E-state index >= 15 is 0 Å². The van der Waals surface area contributed by atoms with Crippen molar-refractivity contribution in [2.45, 2.75) is 4.90 Å². The predicted molar refractivity (Wildman–Crippen MR) is 49.5 cm³/mol. The van der Waals surface area contributed by atoms with Gasteiger partial charge in [0.15, 0.2) is 0 Å². The third-order valence-electron chi connectivity index (χ3n) is 1.58. The standard InChI is InChI=1S/C9H9FO2S/c1-12-9(11)6-4-3-5-7(10)8(6)13-2/h3-5H,1-2H3. The molecule has 0 aliphatic carbocycles. The fraction of sp³-hybridized carbons (Fsp3) is 0.222. The van der Waals surface area contributed by atoms with E-state index in [1.165, 1.54) is 31.0 Å². The SMILES string of the molecule is COC(=O)c1cccc(F)c1SC. The van der Waals surface area contributed by atoms with Gasteiger partial charge in [0, 0.05) is 0 Å². The highest BCUT2D eigenvalue weighted by molar-refractivity contribution is 7.98. The number of ether oxygens (including phenoxy) is 1. The Balaban J connectivity index is 3.20. The molecular formula is C9H9FO2S. The first-order chi connectivity index (χ1) is 6.20. The van der Waals surface area contributed by atoms with Crippen LogP contribution in [0.15, 0.2) is 23.1 Å². The van der Waals surface area contributed by atoms with E-state index in [0.717, 1.165) is 0 Å². The Morgan fingerprint density at radius 1 is 1.54 bits per heavy atom. The minimum atomic E-state index is -0.510. The predicted octanol–water partition coefficient (Wildman–Crippen LogP) is 2.33. The van der Waals surface area contributed by atoms with Crippen molar-refractivity contribution >= 4 is 17.7 Å². The van der Waals surface area contributed by atoms with Crippen molar-refractivity contribution in [3.05, 3.63) is 29.6 Å². The quantitative estimate of drug-likeness (QED) is 0.541. The summed E-state index contributed by atoms with van der Waals surface area (Å²) in [6, 6.07) is 4.35. The van der Waals surface area contributed by atoms with E-state index < -0.39 is 11.8 Å². The van der Waals surface area contributed by atoms with Gasteiger partial charge < -0.3 is 4.74 Å². The summed E-state index contributed by atoms with van der Waals surface area (Å²) in [7, 11) is 1.28. The van der Waals surface area contributed by atoms with Crippen LogP contribution in [0, 0.1) is 5.82 Å². The van der Waals surface area contributed by atoms with Gasteiger partial charge in [0.05, 0.1) is 17.6 Å². The normalized spacial score (nSPS) is 9.77. The third-order valence-corrected chi connectivity index (χ3v) is 2.40. The number of hydrogen-bond acceptors (Lipinski definition) is 3. The van der Waals surface area contributed by atoms with Gasteiger partial charge in [-0.25, -0.2) is 9.18 Å². The Morgan fingerprint density at radius 3 is 2.77 bits per heavy atom. The average molecular weight is 200 g/mol. The molecule has 0 spiro atoms. The molecule has 0 fully saturated rings. The lowest BCUT2D eigenvalue weighted by Crippen LogP contribution is -2.04. The number of methoxy groups -OCH3 is 1. The number of rotatable bonds is 2. The second-order valence-corrected chi connectivity index (χ2v) is 3.13. The number of carbonyl (C=O) groups excluding carboxylic acids is 1. The van der Waals surface area contributed by atoms with E-state index in [4.69, 9.17) is 0 Å². The van der Waals surface area contributed by atoms with Crippen LogP contribution in [0.4, 0.5) is 4.39 Å². The van der Waals surface area contributed by atoms with Gasteiger partial charge in [-0.3, -0.25) is 0 Å². The minimum Gasteiger partial charge on any atom is -0.465 e. The summed E-state index contributed by atoms with van der Waals surface area (Å²) in [5, 5.41) is 0. The molecule has 2 nitrogen and oxygen atoms in total. The molecule has 1 aromatic carbocycles. The summed E-state index contributed by atoms with van der Waals surface area (Å²) in [6.07, 6.45) is 1.71. The van der Waals surface area contributed by atoms with Gasteiger partial charge in [-0.2, -0.15) is 0 Å². The van der Waals surface area contributed by atoms with E-state index in [1.807, 2.05) is 0 Å². The van der Waals surface area contributed by atoms with Gasteiger partial charge in [-0.1, -0.05) is 6.07 Å². The molecule has 0 atom stereocenters. The molecule has 13 heavy (non-hydrogen) atoms. The fourth-order valence-corrected chi connectivity index (χ4v) is 1.62. The molecule has 0 amide bonds. The summed E-state index contributed by atoms with van der Waals surface area (Å²) >= 11 is 1.19. The van der Waals surface area contributed by atoms with Crippen LogP contribution >= 0.6 is 11.8 Å². The second kappa shape index (κ2) is 4.28. The van der Waals surface area contributed by atoms with Crippen molar-refractivity contribution in [1.29, 1.82) is 0 Å². The molecule has 0 bridgehead atoms. The van der Waals surface area contributed by atoms with Crippen LogP contribution in [0.25, 0.3) is 0 Å². The first-order valence-corrected chi connectivity index (χ1v) is 4.84. The molecule has 70 valence electrons.